The Morgan fingerprint density at radius 1 is 0.949 bits per heavy atom. The highest BCUT2D eigenvalue weighted by atomic mass is 19.1. The fraction of sp³-hybridized carbons (Fsp3) is 0.312. The van der Waals surface area contributed by atoms with Gasteiger partial charge in [0.1, 0.15) is 11.4 Å². The van der Waals surface area contributed by atoms with Crippen molar-refractivity contribution < 1.29 is 23.1 Å². The molecular weight excluding hydrogens is 497 g/mol. The maximum atomic E-state index is 13.9. The summed E-state index contributed by atoms with van der Waals surface area (Å²) in [6, 6.07) is 14.3. The number of ether oxygens (including phenoxy) is 2. The highest BCUT2D eigenvalue weighted by Crippen LogP contribution is 2.42. The van der Waals surface area contributed by atoms with Crippen LogP contribution in [-0.2, 0) is 6.54 Å². The first-order valence-electron chi connectivity index (χ1n) is 13.3. The molecule has 1 aromatic heterocycles. The average molecular weight is 530 g/mol. The van der Waals surface area contributed by atoms with Gasteiger partial charge in [0.25, 0.3) is 5.91 Å². The number of carbonyl (C=O) groups is 1. The predicted molar refractivity (Wildman–Crippen MR) is 148 cm³/mol. The van der Waals surface area contributed by atoms with Crippen molar-refractivity contribution in [2.45, 2.75) is 52.6 Å². The van der Waals surface area contributed by atoms with Crippen LogP contribution in [0.25, 0.3) is 11.0 Å². The summed E-state index contributed by atoms with van der Waals surface area (Å²) in [4.78, 5) is 29.3. The van der Waals surface area contributed by atoms with Gasteiger partial charge in [-0.3, -0.25) is 9.59 Å². The minimum Gasteiger partial charge on any atom is -0.493 e. The second-order valence-electron chi connectivity index (χ2n) is 10.0. The van der Waals surface area contributed by atoms with Gasteiger partial charge in [0.2, 0.25) is 5.76 Å². The average Bonchev–Trinajstić information content (AvgIpc) is 3.20. The Bertz CT molecular complexity index is 1590. The van der Waals surface area contributed by atoms with Crippen LogP contribution in [0.3, 0.4) is 0 Å². The quantitative estimate of drug-likeness (QED) is 0.221. The molecule has 202 valence electrons. The molecule has 7 heteroatoms. The minimum atomic E-state index is -0.720. The van der Waals surface area contributed by atoms with Gasteiger partial charge in [-0.1, -0.05) is 38.0 Å². The summed E-state index contributed by atoms with van der Waals surface area (Å²) < 4.78 is 31.3. The zero-order valence-corrected chi connectivity index (χ0v) is 22.7. The van der Waals surface area contributed by atoms with Crippen LogP contribution in [0.5, 0.6) is 11.5 Å². The molecule has 2 heterocycles. The van der Waals surface area contributed by atoms with Crippen LogP contribution in [-0.4, -0.2) is 24.5 Å². The van der Waals surface area contributed by atoms with E-state index in [1.807, 2.05) is 38.1 Å². The largest absolute Gasteiger partial charge is 0.493 e. The Hall–Kier alpha value is -4.13. The molecule has 0 radical (unpaired) electrons. The maximum Gasteiger partial charge on any atom is 0.291 e. The number of benzene rings is 3. The van der Waals surface area contributed by atoms with E-state index in [1.54, 1.807) is 30.2 Å². The predicted octanol–water partition coefficient (Wildman–Crippen LogP) is 6.87. The Morgan fingerprint density at radius 3 is 2.41 bits per heavy atom. The lowest BCUT2D eigenvalue weighted by Gasteiger charge is -2.26. The molecule has 1 aliphatic rings. The van der Waals surface area contributed by atoms with Gasteiger partial charge in [-0.2, -0.15) is 0 Å². The number of unbranched alkanes of at least 4 members (excludes halogenated alkanes) is 2. The molecule has 0 bridgehead atoms. The lowest BCUT2D eigenvalue weighted by Crippen LogP contribution is -2.29. The lowest BCUT2D eigenvalue weighted by molar-refractivity contribution is 0.0714. The van der Waals surface area contributed by atoms with Crippen LogP contribution >= 0.6 is 0 Å². The molecule has 4 aromatic rings. The fourth-order valence-electron chi connectivity index (χ4n) is 5.08. The summed E-state index contributed by atoms with van der Waals surface area (Å²) in [7, 11) is 1.56. The normalized spacial score (nSPS) is 14.6. The maximum absolute atomic E-state index is 13.9. The van der Waals surface area contributed by atoms with Crippen molar-refractivity contribution in [2.75, 3.05) is 13.7 Å². The number of hydrogen-bond donors (Lipinski definition) is 0. The Morgan fingerprint density at radius 2 is 1.69 bits per heavy atom. The first kappa shape index (κ1) is 26.5. The molecule has 0 N–H and O–H groups in total. The van der Waals surface area contributed by atoms with Crippen molar-refractivity contribution in [2.24, 2.45) is 0 Å². The monoisotopic (exact) mass is 529 g/mol. The van der Waals surface area contributed by atoms with E-state index in [0.717, 1.165) is 36.0 Å². The SMILES string of the molecule is CCCCCOc1ccc(C2c3c(oc4cc(C)c(C)cc4c3=O)C(=O)N2Cc2ccc(F)cc2)cc1OC. The highest BCUT2D eigenvalue weighted by Gasteiger charge is 2.43. The van der Waals surface area contributed by atoms with Crippen LogP contribution in [0.15, 0.2) is 63.8 Å². The number of fused-ring (bicyclic) bond motifs is 2. The van der Waals surface area contributed by atoms with Crippen LogP contribution in [0.1, 0.15) is 70.6 Å². The van der Waals surface area contributed by atoms with E-state index in [4.69, 9.17) is 13.9 Å². The molecule has 0 fully saturated rings. The Labute approximate surface area is 227 Å². The summed E-state index contributed by atoms with van der Waals surface area (Å²) in [6.07, 6.45) is 3.10. The van der Waals surface area contributed by atoms with E-state index in [0.29, 0.717) is 34.6 Å². The van der Waals surface area contributed by atoms with Gasteiger partial charge in [-0.25, -0.2) is 4.39 Å². The van der Waals surface area contributed by atoms with Crippen LogP contribution < -0.4 is 14.9 Å². The van der Waals surface area contributed by atoms with Crippen molar-refractivity contribution in [3.8, 4) is 11.5 Å². The third kappa shape index (κ3) is 5.01. The number of nitrogens with zero attached hydrogens (tertiary/aromatic N) is 1. The van der Waals surface area contributed by atoms with Crippen molar-refractivity contribution in [3.05, 3.63) is 104 Å². The fourth-order valence-corrected chi connectivity index (χ4v) is 5.08. The highest BCUT2D eigenvalue weighted by molar-refractivity contribution is 5.99. The third-order valence-corrected chi connectivity index (χ3v) is 7.36. The third-order valence-electron chi connectivity index (χ3n) is 7.36. The first-order valence-corrected chi connectivity index (χ1v) is 13.3. The van der Waals surface area contributed by atoms with Crippen molar-refractivity contribution in [1.82, 2.24) is 4.90 Å². The van der Waals surface area contributed by atoms with Gasteiger partial charge in [0, 0.05) is 6.54 Å². The molecule has 1 amide bonds. The van der Waals surface area contributed by atoms with Gasteiger partial charge >= 0.3 is 0 Å². The summed E-state index contributed by atoms with van der Waals surface area (Å²) in [5.74, 6) is 0.392. The standard InChI is InChI=1S/C32H32FNO5/c1-5-6-7-14-38-25-13-10-22(17-27(25)37-4)29-28-30(35)24-15-19(2)20(3)16-26(24)39-31(28)32(36)34(29)18-21-8-11-23(33)12-9-21/h8-13,15-17,29H,5-7,14,18H2,1-4H3. The van der Waals surface area contributed by atoms with Crippen molar-refractivity contribution in [3.63, 3.8) is 0 Å². The number of aryl methyl sites for hydroxylation is 2. The van der Waals surface area contributed by atoms with Crippen molar-refractivity contribution in [1.29, 1.82) is 0 Å². The molecule has 0 saturated carbocycles. The van der Waals surface area contributed by atoms with Gasteiger partial charge < -0.3 is 18.8 Å². The number of methoxy groups -OCH3 is 1. The summed E-state index contributed by atoms with van der Waals surface area (Å²) in [6.45, 7) is 6.75. The van der Waals surface area contributed by atoms with Gasteiger partial charge in [0.05, 0.1) is 30.7 Å². The molecule has 1 aliphatic heterocycles. The minimum absolute atomic E-state index is 0.0294. The molecule has 5 rings (SSSR count). The van der Waals surface area contributed by atoms with E-state index in [-0.39, 0.29) is 29.1 Å². The number of rotatable bonds is 9. The molecular formula is C32H32FNO5. The topological polar surface area (TPSA) is 69.0 Å². The van der Waals surface area contributed by atoms with Gasteiger partial charge in [-0.05, 0) is 78.9 Å². The van der Waals surface area contributed by atoms with E-state index in [2.05, 4.69) is 6.92 Å². The zero-order valence-electron chi connectivity index (χ0n) is 22.7. The summed E-state index contributed by atoms with van der Waals surface area (Å²) >= 11 is 0. The van der Waals surface area contributed by atoms with Gasteiger partial charge in [-0.15, -0.1) is 0 Å². The van der Waals surface area contributed by atoms with E-state index in [1.165, 1.54) is 12.1 Å². The summed E-state index contributed by atoms with van der Waals surface area (Å²) in [5.41, 5.74) is 3.78. The first-order chi connectivity index (χ1) is 18.8. The molecule has 3 aromatic carbocycles. The molecule has 1 atom stereocenters. The number of halogens is 1. The Balaban J connectivity index is 1.63. The molecule has 0 saturated heterocycles. The molecule has 0 aliphatic carbocycles. The van der Waals surface area contributed by atoms with Gasteiger partial charge in [0.15, 0.2) is 16.9 Å². The second kappa shape index (κ2) is 10.9. The number of amides is 1. The summed E-state index contributed by atoms with van der Waals surface area (Å²) in [5, 5.41) is 0.432. The van der Waals surface area contributed by atoms with E-state index < -0.39 is 11.9 Å². The lowest BCUT2D eigenvalue weighted by atomic mass is 9.97. The smallest absolute Gasteiger partial charge is 0.291 e. The molecule has 39 heavy (non-hydrogen) atoms. The molecule has 0 spiro atoms. The van der Waals surface area contributed by atoms with Crippen LogP contribution in [0.2, 0.25) is 0 Å². The Kier molecular flexibility index (Phi) is 7.42. The molecule has 1 unspecified atom stereocenters. The second-order valence-corrected chi connectivity index (χ2v) is 10.0. The van der Waals surface area contributed by atoms with Crippen LogP contribution in [0, 0.1) is 19.7 Å². The number of carbonyl (C=O) groups excluding carboxylic acids is 1. The van der Waals surface area contributed by atoms with Crippen molar-refractivity contribution >= 4 is 16.9 Å². The zero-order chi connectivity index (χ0) is 27.7. The van der Waals surface area contributed by atoms with E-state index >= 15 is 0 Å². The number of hydrogen-bond acceptors (Lipinski definition) is 5. The molecule has 6 nitrogen and oxygen atoms in total. The van der Waals surface area contributed by atoms with E-state index in [9.17, 15) is 14.0 Å². The van der Waals surface area contributed by atoms with Crippen LogP contribution in [0.4, 0.5) is 4.39 Å².